The molecule has 0 unspecified atom stereocenters. The number of hydrogen-bond donors (Lipinski definition) is 7. The summed E-state index contributed by atoms with van der Waals surface area (Å²) in [4.78, 5) is 95.5. The molecule has 2 saturated heterocycles. The fourth-order valence-electron chi connectivity index (χ4n) is 4.86. The number of carboxylic acids is 3. The lowest BCUT2D eigenvalue weighted by Crippen LogP contribution is -2.30. The molecule has 3 aromatic heterocycles. The molecule has 7 N–H and O–H groups in total. The maximum atomic E-state index is 11.5. The van der Waals surface area contributed by atoms with Gasteiger partial charge in [0.1, 0.15) is 17.3 Å². The second-order valence-electron chi connectivity index (χ2n) is 12.3. The number of rotatable bonds is 9. The lowest BCUT2D eigenvalue weighted by molar-refractivity contribution is -0.117. The highest BCUT2D eigenvalue weighted by Gasteiger charge is 2.25. The van der Waals surface area contributed by atoms with E-state index in [0.717, 1.165) is 23.5 Å². The average molecular weight is 1020 g/mol. The van der Waals surface area contributed by atoms with Crippen LogP contribution >= 0.6 is 39.5 Å². The van der Waals surface area contributed by atoms with Crippen LogP contribution in [0.3, 0.4) is 0 Å². The van der Waals surface area contributed by atoms with Crippen LogP contribution in [-0.4, -0.2) is 91.0 Å². The maximum Gasteiger partial charge on any atom is 0.488 e. The van der Waals surface area contributed by atoms with Crippen molar-refractivity contribution in [3.05, 3.63) is 153 Å². The molecule has 2 fully saturated rings. The van der Waals surface area contributed by atoms with E-state index in [1.807, 2.05) is 0 Å². The minimum Gasteiger partial charge on any atom is -0.478 e. The van der Waals surface area contributed by atoms with E-state index in [2.05, 4.69) is 26.6 Å². The first kappa shape index (κ1) is 55.6. The standard InChI is InChI=1S/C15H9NO5S.C12H8O4.C7H7BO4.C5H3BrO2.C3H3NO2S.2CH4/c17-13-12(22-15(20)16-13)7-10-4-5-11(21-10)8-2-1-3-9(6-8)14(18)19;13-7-10-4-5-11(16-10)8-2-1-3-9(6-8)12(14)15;9-7(10)5-2-1-3-6(4-5)8(11)12;6-5-2-1-4(3-7)8-5;5-2-1-7-3(6)4-2;;/h1-7H,(H,18,19)(H,16,17,20);1-7H,(H,14,15);1-4,11-12H,(H,9,10);1-3H;1H2,(H,4,5,6);2*1H4. The summed E-state index contributed by atoms with van der Waals surface area (Å²) >= 11 is 4.86. The van der Waals surface area contributed by atoms with Gasteiger partial charge in [-0.3, -0.25) is 39.4 Å². The third-order valence-corrected chi connectivity index (χ3v) is 9.80. The second-order valence-corrected chi connectivity index (χ2v) is 15.1. The van der Waals surface area contributed by atoms with Crippen LogP contribution in [0.2, 0.25) is 0 Å². The first-order valence-electron chi connectivity index (χ1n) is 17.9. The summed E-state index contributed by atoms with van der Waals surface area (Å²) in [6.07, 6.45) is 2.73. The topological polar surface area (TPSA) is 318 Å². The number of carbonyl (C=O) groups excluding carboxylic acids is 6. The number of benzene rings is 3. The van der Waals surface area contributed by atoms with Crippen LogP contribution in [0, 0.1) is 0 Å². The van der Waals surface area contributed by atoms with Gasteiger partial charge in [-0.1, -0.05) is 63.0 Å². The summed E-state index contributed by atoms with van der Waals surface area (Å²) < 4.78 is 16.1. The monoisotopic (exact) mass is 1020 g/mol. The van der Waals surface area contributed by atoms with Gasteiger partial charge in [-0.15, -0.1) is 0 Å². The molecule has 6 aromatic rings. The molecule has 0 atom stereocenters. The molecule has 8 rings (SSSR count). The molecule has 23 heteroatoms. The molecule has 0 spiro atoms. The van der Waals surface area contributed by atoms with Gasteiger partial charge in [-0.25, -0.2) is 14.4 Å². The number of carbonyl (C=O) groups is 9. The number of halogens is 1. The number of furan rings is 3. The zero-order chi connectivity index (χ0) is 47.6. The molecular weight excluding hydrogens is 983 g/mol. The number of thioether (sulfide) groups is 2. The zero-order valence-corrected chi connectivity index (χ0v) is 36.0. The molecule has 0 bridgehead atoms. The Morgan fingerprint density at radius 1 is 0.612 bits per heavy atom. The molecule has 67 heavy (non-hydrogen) atoms. The van der Waals surface area contributed by atoms with Gasteiger partial charge in [0, 0.05) is 17.2 Å². The normalized spacial score (nSPS) is 12.6. The van der Waals surface area contributed by atoms with E-state index >= 15 is 0 Å². The average Bonchev–Trinajstić information content (AvgIpc) is 4.16. The van der Waals surface area contributed by atoms with E-state index in [0.29, 0.717) is 57.2 Å². The van der Waals surface area contributed by atoms with Crippen molar-refractivity contribution in [2.45, 2.75) is 14.9 Å². The molecule has 2 aliphatic rings. The minimum atomic E-state index is -1.62. The van der Waals surface area contributed by atoms with Crippen molar-refractivity contribution in [2.75, 3.05) is 5.75 Å². The predicted molar refractivity (Wildman–Crippen MR) is 251 cm³/mol. The Morgan fingerprint density at radius 3 is 1.46 bits per heavy atom. The fourth-order valence-corrected chi connectivity index (χ4v) is 6.36. The highest BCUT2D eigenvalue weighted by molar-refractivity contribution is 9.10. The Bertz CT molecular complexity index is 2760. The molecule has 4 amide bonds. The lowest BCUT2D eigenvalue weighted by atomic mass is 9.80. The van der Waals surface area contributed by atoms with E-state index in [4.69, 9.17) is 38.6 Å². The van der Waals surface area contributed by atoms with Crippen LogP contribution in [0.25, 0.3) is 28.7 Å². The van der Waals surface area contributed by atoms with Crippen LogP contribution in [0.15, 0.2) is 132 Å². The number of aromatic carboxylic acids is 3. The third-order valence-electron chi connectivity index (χ3n) is 7.79. The molecule has 3 aromatic carbocycles. The van der Waals surface area contributed by atoms with Crippen molar-refractivity contribution in [1.29, 1.82) is 0 Å². The summed E-state index contributed by atoms with van der Waals surface area (Å²) in [6, 6.07) is 27.9. The smallest absolute Gasteiger partial charge is 0.478 e. The molecule has 19 nitrogen and oxygen atoms in total. The highest BCUT2D eigenvalue weighted by atomic mass is 79.9. The van der Waals surface area contributed by atoms with Gasteiger partial charge in [-0.2, -0.15) is 0 Å². The Hall–Kier alpha value is -7.57. The van der Waals surface area contributed by atoms with Gasteiger partial charge >= 0.3 is 25.0 Å². The van der Waals surface area contributed by atoms with Gasteiger partial charge < -0.3 is 38.6 Å². The van der Waals surface area contributed by atoms with Crippen molar-refractivity contribution in [1.82, 2.24) is 10.6 Å². The van der Waals surface area contributed by atoms with Crippen molar-refractivity contribution in [3.8, 4) is 22.6 Å². The van der Waals surface area contributed by atoms with E-state index in [9.17, 15) is 43.2 Å². The largest absolute Gasteiger partial charge is 0.488 e. The second kappa shape index (κ2) is 27.0. The van der Waals surface area contributed by atoms with Crippen molar-refractivity contribution >= 4 is 111 Å². The molecule has 348 valence electrons. The molecular formula is C44H38BBrN2O17S2. The Morgan fingerprint density at radius 2 is 1.09 bits per heavy atom. The van der Waals surface area contributed by atoms with Crippen LogP contribution < -0.4 is 16.1 Å². The van der Waals surface area contributed by atoms with Crippen molar-refractivity contribution in [3.63, 3.8) is 0 Å². The van der Waals surface area contributed by atoms with Gasteiger partial charge in [-0.05, 0) is 106 Å². The molecule has 5 heterocycles. The minimum absolute atomic E-state index is 0. The Kier molecular flexibility index (Phi) is 22.4. The van der Waals surface area contributed by atoms with Gasteiger partial charge in [0.15, 0.2) is 28.8 Å². The number of aldehydes is 2. The zero-order valence-electron chi connectivity index (χ0n) is 32.7. The van der Waals surface area contributed by atoms with Gasteiger partial charge in [0.2, 0.25) is 5.91 Å². The highest BCUT2D eigenvalue weighted by Crippen LogP contribution is 2.29. The van der Waals surface area contributed by atoms with E-state index in [1.54, 1.807) is 54.6 Å². The molecule has 0 radical (unpaired) electrons. The first-order chi connectivity index (χ1) is 31.0. The number of hydrogen-bond acceptors (Lipinski definition) is 16. The molecule has 0 aliphatic carbocycles. The summed E-state index contributed by atoms with van der Waals surface area (Å²) in [7, 11) is -1.62. The lowest BCUT2D eigenvalue weighted by Gasteiger charge is -1.99. The SMILES string of the molecule is C.C.O=C(O)c1cccc(B(O)O)c1.O=C1CSC(=O)N1.O=C1NC(=O)C(=Cc2ccc(-c3cccc(C(=O)O)c3)o2)S1.O=Cc1ccc(-c2cccc(C(=O)O)c2)o1.O=Cc1ccc(Br)o1. The van der Waals surface area contributed by atoms with Gasteiger partial charge in [0.25, 0.3) is 16.4 Å². The summed E-state index contributed by atoms with van der Waals surface area (Å²) in [5.74, 6) is -1.53. The number of amides is 4. The summed E-state index contributed by atoms with van der Waals surface area (Å²) in [6.45, 7) is 0. The van der Waals surface area contributed by atoms with E-state index in [1.165, 1.54) is 60.7 Å². The molecule has 0 saturated carbocycles. The summed E-state index contributed by atoms with van der Waals surface area (Å²) in [5.41, 5.74) is 1.80. The maximum absolute atomic E-state index is 11.5. The van der Waals surface area contributed by atoms with Crippen LogP contribution in [0.1, 0.15) is 72.8 Å². The van der Waals surface area contributed by atoms with Crippen molar-refractivity contribution in [2.24, 2.45) is 0 Å². The third kappa shape index (κ3) is 17.7. The van der Waals surface area contributed by atoms with Crippen molar-refractivity contribution < 1.29 is 81.8 Å². The number of imide groups is 2. The number of nitrogens with one attached hydrogen (secondary N) is 2. The van der Waals surface area contributed by atoms with E-state index in [-0.39, 0.29) is 58.8 Å². The summed E-state index contributed by atoms with van der Waals surface area (Å²) in [5, 5.41) is 47.3. The van der Waals surface area contributed by atoms with E-state index < -0.39 is 36.2 Å². The van der Waals surface area contributed by atoms with Crippen LogP contribution in [-0.2, 0) is 9.59 Å². The Balaban J connectivity index is 0.000000303. The Labute approximate surface area is 397 Å². The first-order valence-corrected chi connectivity index (χ1v) is 20.5. The number of carboxylic acid groups (broad SMARTS) is 3. The van der Waals surface area contributed by atoms with Gasteiger partial charge in [0.05, 0.1) is 27.3 Å². The quantitative estimate of drug-likeness (QED) is 0.0416. The predicted octanol–water partition coefficient (Wildman–Crippen LogP) is 7.59. The van der Waals surface area contributed by atoms with Crippen LogP contribution in [0.4, 0.5) is 9.59 Å². The fraction of sp³-hybridized carbons (Fsp3) is 0.0682. The molecule has 2 aliphatic heterocycles. The van der Waals surface area contributed by atoms with Crippen LogP contribution in [0.5, 0.6) is 0 Å².